The van der Waals surface area contributed by atoms with Crippen molar-refractivity contribution in [1.29, 1.82) is 0 Å². The fraction of sp³-hybridized carbons (Fsp3) is 0.167. The van der Waals surface area contributed by atoms with Gasteiger partial charge in [-0.25, -0.2) is 4.68 Å². The second-order valence-electron chi connectivity index (χ2n) is 5.01. The molecule has 4 nitrogen and oxygen atoms in total. The molecule has 0 fully saturated rings. The smallest absolute Gasteiger partial charge is 0.133 e. The summed E-state index contributed by atoms with van der Waals surface area (Å²) < 4.78 is 8.37. The molecule has 0 bridgehead atoms. The highest BCUT2D eigenvalue weighted by molar-refractivity contribution is 9.10. The highest BCUT2D eigenvalue weighted by Gasteiger charge is 2.06. The Balaban J connectivity index is 1.75. The minimum absolute atomic E-state index is 0.655. The van der Waals surface area contributed by atoms with Crippen molar-refractivity contribution in [1.82, 2.24) is 9.78 Å². The van der Waals surface area contributed by atoms with Crippen molar-refractivity contribution in [2.45, 2.75) is 13.5 Å². The van der Waals surface area contributed by atoms with Crippen molar-refractivity contribution in [3.63, 3.8) is 0 Å². The van der Waals surface area contributed by atoms with Crippen LogP contribution in [0.4, 0.5) is 5.69 Å². The second kappa shape index (κ2) is 7.33. The van der Waals surface area contributed by atoms with Crippen LogP contribution in [0.2, 0.25) is 0 Å². The predicted molar refractivity (Wildman–Crippen MR) is 96.2 cm³/mol. The van der Waals surface area contributed by atoms with Gasteiger partial charge in [-0.2, -0.15) is 5.10 Å². The molecule has 0 spiro atoms. The van der Waals surface area contributed by atoms with Crippen LogP contribution >= 0.6 is 15.9 Å². The lowest BCUT2D eigenvalue weighted by molar-refractivity contribution is 0.338. The Bertz CT molecular complexity index is 772. The zero-order chi connectivity index (χ0) is 16.1. The van der Waals surface area contributed by atoms with E-state index in [1.807, 2.05) is 54.2 Å². The van der Waals surface area contributed by atoms with Crippen molar-refractivity contribution < 1.29 is 4.74 Å². The molecule has 0 aliphatic carbocycles. The van der Waals surface area contributed by atoms with Crippen molar-refractivity contribution in [2.24, 2.45) is 0 Å². The molecule has 0 aliphatic rings. The Morgan fingerprint density at radius 1 is 1.17 bits per heavy atom. The van der Waals surface area contributed by atoms with E-state index in [0.29, 0.717) is 6.61 Å². The van der Waals surface area contributed by atoms with Gasteiger partial charge < -0.3 is 10.1 Å². The molecule has 2 aromatic carbocycles. The molecule has 23 heavy (non-hydrogen) atoms. The number of para-hydroxylation sites is 1. The maximum absolute atomic E-state index is 5.54. The zero-order valence-electron chi connectivity index (χ0n) is 12.9. The summed E-state index contributed by atoms with van der Waals surface area (Å²) >= 11 is 3.54. The highest BCUT2D eigenvalue weighted by Crippen LogP contribution is 2.28. The molecule has 0 atom stereocenters. The number of anilines is 1. The van der Waals surface area contributed by atoms with Crippen molar-refractivity contribution in [2.75, 3.05) is 11.9 Å². The topological polar surface area (TPSA) is 39.1 Å². The summed E-state index contributed by atoms with van der Waals surface area (Å²) in [7, 11) is 0. The van der Waals surface area contributed by atoms with Gasteiger partial charge in [0.15, 0.2) is 0 Å². The first-order valence-corrected chi connectivity index (χ1v) is 8.31. The second-order valence-corrected chi connectivity index (χ2v) is 5.87. The molecule has 1 aromatic heterocycles. The first-order chi connectivity index (χ1) is 11.3. The Labute approximate surface area is 144 Å². The van der Waals surface area contributed by atoms with Gasteiger partial charge in [0.05, 0.1) is 16.8 Å². The number of nitrogens with zero attached hydrogens (tertiary/aromatic N) is 2. The molecular weight excluding hydrogens is 354 g/mol. The van der Waals surface area contributed by atoms with Crippen LogP contribution in [0.1, 0.15) is 12.5 Å². The average molecular weight is 372 g/mol. The van der Waals surface area contributed by atoms with E-state index < -0.39 is 0 Å². The summed E-state index contributed by atoms with van der Waals surface area (Å²) in [6.07, 6.45) is 3.74. The fourth-order valence-corrected chi connectivity index (χ4v) is 2.87. The van der Waals surface area contributed by atoms with Crippen LogP contribution < -0.4 is 10.1 Å². The molecule has 0 saturated carbocycles. The molecule has 0 unspecified atom stereocenters. The number of rotatable bonds is 6. The van der Waals surface area contributed by atoms with Gasteiger partial charge in [0.25, 0.3) is 0 Å². The molecular formula is C18H18BrN3O. The van der Waals surface area contributed by atoms with E-state index in [2.05, 4.69) is 38.5 Å². The third kappa shape index (κ3) is 3.74. The fourth-order valence-electron chi connectivity index (χ4n) is 2.38. The van der Waals surface area contributed by atoms with E-state index in [-0.39, 0.29) is 0 Å². The van der Waals surface area contributed by atoms with E-state index in [9.17, 15) is 0 Å². The number of halogens is 1. The van der Waals surface area contributed by atoms with Gasteiger partial charge in [0.1, 0.15) is 5.75 Å². The number of aromatic nitrogens is 2. The number of nitrogens with one attached hydrogen (secondary N) is 1. The quantitative estimate of drug-likeness (QED) is 0.685. The third-order valence-corrected chi connectivity index (χ3v) is 4.08. The first-order valence-electron chi connectivity index (χ1n) is 7.52. The summed E-state index contributed by atoms with van der Waals surface area (Å²) in [5.41, 5.74) is 3.30. The number of hydrogen-bond donors (Lipinski definition) is 1. The first kappa shape index (κ1) is 15.6. The van der Waals surface area contributed by atoms with Gasteiger partial charge in [0, 0.05) is 24.6 Å². The zero-order valence-corrected chi connectivity index (χ0v) is 14.5. The number of benzene rings is 2. The molecule has 1 heterocycles. The van der Waals surface area contributed by atoms with Gasteiger partial charge in [-0.1, -0.05) is 18.2 Å². The van der Waals surface area contributed by atoms with Crippen LogP contribution in [0.5, 0.6) is 5.75 Å². The molecule has 3 rings (SSSR count). The van der Waals surface area contributed by atoms with Gasteiger partial charge in [0.2, 0.25) is 0 Å². The summed E-state index contributed by atoms with van der Waals surface area (Å²) in [6.45, 7) is 3.35. The molecule has 3 aromatic rings. The van der Waals surface area contributed by atoms with Crippen LogP contribution in [-0.2, 0) is 6.54 Å². The predicted octanol–water partition coefficient (Wildman–Crippen LogP) is 4.65. The summed E-state index contributed by atoms with van der Waals surface area (Å²) in [5.74, 6) is 0.856. The van der Waals surface area contributed by atoms with Crippen LogP contribution in [0.25, 0.3) is 5.69 Å². The normalized spacial score (nSPS) is 10.5. The van der Waals surface area contributed by atoms with E-state index >= 15 is 0 Å². The van der Waals surface area contributed by atoms with E-state index in [0.717, 1.165) is 28.1 Å². The van der Waals surface area contributed by atoms with E-state index in [1.165, 1.54) is 5.56 Å². The summed E-state index contributed by atoms with van der Waals surface area (Å²) in [6, 6.07) is 16.2. The van der Waals surface area contributed by atoms with Crippen LogP contribution in [0.3, 0.4) is 0 Å². The van der Waals surface area contributed by atoms with Crippen molar-refractivity contribution in [3.05, 3.63) is 71.0 Å². The molecule has 1 N–H and O–H groups in total. The van der Waals surface area contributed by atoms with Gasteiger partial charge in [-0.3, -0.25) is 0 Å². The van der Waals surface area contributed by atoms with Crippen LogP contribution in [0.15, 0.2) is 65.4 Å². The minimum Gasteiger partial charge on any atom is -0.493 e. The van der Waals surface area contributed by atoms with Gasteiger partial charge in [-0.15, -0.1) is 0 Å². The molecule has 5 heteroatoms. The van der Waals surface area contributed by atoms with Crippen molar-refractivity contribution >= 4 is 21.6 Å². The van der Waals surface area contributed by atoms with Crippen molar-refractivity contribution in [3.8, 4) is 11.4 Å². The van der Waals surface area contributed by atoms with Gasteiger partial charge in [-0.05, 0) is 58.7 Å². The molecule has 0 amide bonds. The Morgan fingerprint density at radius 2 is 2.04 bits per heavy atom. The largest absolute Gasteiger partial charge is 0.493 e. The molecule has 0 saturated heterocycles. The third-order valence-electron chi connectivity index (χ3n) is 3.46. The molecule has 0 radical (unpaired) electrons. The highest BCUT2D eigenvalue weighted by atomic mass is 79.9. The molecule has 0 aliphatic heterocycles. The summed E-state index contributed by atoms with van der Waals surface area (Å²) in [5, 5.41) is 7.76. The van der Waals surface area contributed by atoms with E-state index in [4.69, 9.17) is 4.74 Å². The van der Waals surface area contributed by atoms with Crippen LogP contribution in [0, 0.1) is 0 Å². The maximum Gasteiger partial charge on any atom is 0.133 e. The average Bonchev–Trinajstić information content (AvgIpc) is 3.10. The lowest BCUT2D eigenvalue weighted by atomic mass is 10.1. The van der Waals surface area contributed by atoms with Gasteiger partial charge >= 0.3 is 0 Å². The maximum atomic E-state index is 5.54. The van der Waals surface area contributed by atoms with Crippen LogP contribution in [-0.4, -0.2) is 16.4 Å². The Kier molecular flexibility index (Phi) is 4.98. The number of ether oxygens (including phenoxy) is 1. The van der Waals surface area contributed by atoms with E-state index in [1.54, 1.807) is 6.20 Å². The Hall–Kier alpha value is -2.27. The minimum atomic E-state index is 0.655. The Morgan fingerprint density at radius 3 is 2.78 bits per heavy atom. The lowest BCUT2D eigenvalue weighted by Crippen LogP contribution is -2.05. The summed E-state index contributed by atoms with van der Waals surface area (Å²) in [4.78, 5) is 0. The lowest BCUT2D eigenvalue weighted by Gasteiger charge is -2.13. The standard InChI is InChI=1S/C18H18BrN3O/c1-2-23-18-9-8-15(12-16(18)19)20-13-14-6-3-4-7-17(14)22-11-5-10-21-22/h3-12,20H,2,13H2,1H3. The monoisotopic (exact) mass is 371 g/mol. The number of hydrogen-bond acceptors (Lipinski definition) is 3. The SMILES string of the molecule is CCOc1ccc(NCc2ccccc2-n2cccn2)cc1Br. The molecule has 118 valence electrons.